The Morgan fingerprint density at radius 2 is 2.13 bits per heavy atom. The number of nitrogens with one attached hydrogen (secondary N) is 1. The Hall–Kier alpha value is -2.47. The van der Waals surface area contributed by atoms with E-state index in [0.29, 0.717) is 0 Å². The standard InChI is InChI=1S/C17H20N6/c1-11-4-5-14-13(7-21-22-14)17(11)15-8-20-16(9-19-15)23-6-2-3-12(18)10-23/h4-5,7-9,12H,2-3,6,10,18H2,1H3,(H,21,22). The van der Waals surface area contributed by atoms with Crippen LogP contribution in [-0.2, 0) is 0 Å². The lowest BCUT2D eigenvalue weighted by Crippen LogP contribution is -2.43. The van der Waals surface area contributed by atoms with Gasteiger partial charge in [0.1, 0.15) is 5.82 Å². The zero-order valence-electron chi connectivity index (χ0n) is 13.2. The summed E-state index contributed by atoms with van der Waals surface area (Å²) in [4.78, 5) is 11.5. The topological polar surface area (TPSA) is 83.7 Å². The Balaban J connectivity index is 1.70. The van der Waals surface area contributed by atoms with Crippen molar-refractivity contribution >= 4 is 16.7 Å². The van der Waals surface area contributed by atoms with E-state index in [2.05, 4.69) is 38.1 Å². The molecule has 2 aromatic heterocycles. The molecule has 0 spiro atoms. The van der Waals surface area contributed by atoms with Gasteiger partial charge in [0.25, 0.3) is 0 Å². The molecule has 0 bridgehead atoms. The first-order valence-electron chi connectivity index (χ1n) is 7.98. The number of piperidine rings is 1. The van der Waals surface area contributed by atoms with E-state index in [9.17, 15) is 0 Å². The van der Waals surface area contributed by atoms with Crippen LogP contribution in [0.25, 0.3) is 22.2 Å². The number of nitrogens with zero attached hydrogens (tertiary/aromatic N) is 4. The summed E-state index contributed by atoms with van der Waals surface area (Å²) in [7, 11) is 0. The van der Waals surface area contributed by atoms with Gasteiger partial charge in [-0.15, -0.1) is 0 Å². The maximum atomic E-state index is 6.05. The summed E-state index contributed by atoms with van der Waals surface area (Å²) < 4.78 is 0. The van der Waals surface area contributed by atoms with Crippen LogP contribution in [0.1, 0.15) is 18.4 Å². The molecule has 0 aliphatic carbocycles. The summed E-state index contributed by atoms with van der Waals surface area (Å²) in [5.74, 6) is 0.904. The number of rotatable bonds is 2. The van der Waals surface area contributed by atoms with Gasteiger partial charge < -0.3 is 10.6 Å². The minimum absolute atomic E-state index is 0.229. The van der Waals surface area contributed by atoms with Crippen molar-refractivity contribution in [2.24, 2.45) is 5.73 Å². The van der Waals surface area contributed by atoms with Crippen molar-refractivity contribution in [1.29, 1.82) is 0 Å². The third kappa shape index (κ3) is 2.55. The Bertz CT molecular complexity index is 823. The van der Waals surface area contributed by atoms with Gasteiger partial charge in [-0.05, 0) is 31.4 Å². The average Bonchev–Trinajstić information content (AvgIpc) is 3.03. The zero-order chi connectivity index (χ0) is 15.8. The largest absolute Gasteiger partial charge is 0.354 e. The molecule has 6 nitrogen and oxygen atoms in total. The predicted octanol–water partition coefficient (Wildman–Crippen LogP) is 2.26. The number of aromatic nitrogens is 4. The number of anilines is 1. The molecule has 3 heterocycles. The molecule has 1 aromatic carbocycles. The zero-order valence-corrected chi connectivity index (χ0v) is 13.2. The van der Waals surface area contributed by atoms with E-state index < -0.39 is 0 Å². The van der Waals surface area contributed by atoms with E-state index in [1.54, 1.807) is 0 Å². The Morgan fingerprint density at radius 3 is 2.91 bits per heavy atom. The molecule has 1 aliphatic heterocycles. The van der Waals surface area contributed by atoms with Crippen LogP contribution in [0.3, 0.4) is 0 Å². The maximum Gasteiger partial charge on any atom is 0.147 e. The molecule has 1 fully saturated rings. The first-order valence-corrected chi connectivity index (χ1v) is 7.98. The molecule has 4 rings (SSSR count). The van der Waals surface area contributed by atoms with E-state index in [1.807, 2.05) is 24.7 Å². The van der Waals surface area contributed by atoms with Crippen LogP contribution in [0.15, 0.2) is 30.7 Å². The lowest BCUT2D eigenvalue weighted by Gasteiger charge is -2.31. The highest BCUT2D eigenvalue weighted by Gasteiger charge is 2.18. The summed E-state index contributed by atoms with van der Waals surface area (Å²) in [5, 5.41) is 8.21. The second-order valence-electron chi connectivity index (χ2n) is 6.20. The van der Waals surface area contributed by atoms with Crippen LogP contribution in [0.5, 0.6) is 0 Å². The monoisotopic (exact) mass is 308 g/mol. The van der Waals surface area contributed by atoms with Crippen LogP contribution >= 0.6 is 0 Å². The SMILES string of the molecule is Cc1ccc2[nH]ncc2c1-c1cnc(N2CCCC(N)C2)cn1. The maximum absolute atomic E-state index is 6.05. The summed E-state index contributed by atoms with van der Waals surface area (Å²) >= 11 is 0. The van der Waals surface area contributed by atoms with Crippen molar-refractivity contribution in [2.45, 2.75) is 25.8 Å². The van der Waals surface area contributed by atoms with Gasteiger partial charge >= 0.3 is 0 Å². The van der Waals surface area contributed by atoms with E-state index in [0.717, 1.165) is 53.9 Å². The fraction of sp³-hybridized carbons (Fsp3) is 0.353. The van der Waals surface area contributed by atoms with Gasteiger partial charge in [0, 0.05) is 30.1 Å². The second-order valence-corrected chi connectivity index (χ2v) is 6.20. The summed E-state index contributed by atoms with van der Waals surface area (Å²) in [5.41, 5.74) is 10.2. The third-order valence-corrected chi connectivity index (χ3v) is 4.51. The molecule has 23 heavy (non-hydrogen) atoms. The molecule has 1 saturated heterocycles. The van der Waals surface area contributed by atoms with Crippen LogP contribution in [0, 0.1) is 6.92 Å². The molecular formula is C17H20N6. The molecule has 0 radical (unpaired) electrons. The summed E-state index contributed by atoms with van der Waals surface area (Å²) in [6.45, 7) is 3.93. The number of hydrogen-bond acceptors (Lipinski definition) is 5. The number of fused-ring (bicyclic) bond motifs is 1. The van der Waals surface area contributed by atoms with Crippen molar-refractivity contribution in [2.75, 3.05) is 18.0 Å². The summed E-state index contributed by atoms with van der Waals surface area (Å²) in [6, 6.07) is 4.35. The van der Waals surface area contributed by atoms with Gasteiger partial charge in [-0.25, -0.2) is 4.98 Å². The number of benzene rings is 1. The molecule has 0 amide bonds. The van der Waals surface area contributed by atoms with Gasteiger partial charge in [-0.2, -0.15) is 5.10 Å². The predicted molar refractivity (Wildman–Crippen MR) is 91.3 cm³/mol. The van der Waals surface area contributed by atoms with E-state index in [-0.39, 0.29) is 6.04 Å². The minimum Gasteiger partial charge on any atom is -0.354 e. The van der Waals surface area contributed by atoms with Gasteiger partial charge in [-0.3, -0.25) is 10.1 Å². The highest BCUT2D eigenvalue weighted by atomic mass is 15.2. The van der Waals surface area contributed by atoms with Gasteiger partial charge in [-0.1, -0.05) is 6.07 Å². The first kappa shape index (κ1) is 14.1. The number of nitrogens with two attached hydrogens (primary N) is 1. The Labute approximate surface area is 134 Å². The number of aromatic amines is 1. The Kier molecular flexibility index (Phi) is 3.46. The van der Waals surface area contributed by atoms with Crippen molar-refractivity contribution in [3.05, 3.63) is 36.3 Å². The van der Waals surface area contributed by atoms with Gasteiger partial charge in [0.2, 0.25) is 0 Å². The van der Waals surface area contributed by atoms with Crippen LogP contribution in [-0.4, -0.2) is 39.3 Å². The number of H-pyrrole nitrogens is 1. The van der Waals surface area contributed by atoms with Crippen molar-refractivity contribution in [3.63, 3.8) is 0 Å². The number of hydrogen-bond donors (Lipinski definition) is 2. The highest BCUT2D eigenvalue weighted by molar-refractivity contribution is 5.94. The minimum atomic E-state index is 0.229. The fourth-order valence-electron chi connectivity index (χ4n) is 3.30. The molecule has 0 saturated carbocycles. The van der Waals surface area contributed by atoms with Gasteiger partial charge in [0.15, 0.2) is 0 Å². The lowest BCUT2D eigenvalue weighted by atomic mass is 10.0. The number of aryl methyl sites for hydroxylation is 1. The van der Waals surface area contributed by atoms with E-state index >= 15 is 0 Å². The van der Waals surface area contributed by atoms with E-state index in [4.69, 9.17) is 5.73 Å². The summed E-state index contributed by atoms with van der Waals surface area (Å²) in [6.07, 6.45) is 7.74. The fourth-order valence-corrected chi connectivity index (χ4v) is 3.30. The van der Waals surface area contributed by atoms with Crippen LogP contribution in [0.4, 0.5) is 5.82 Å². The lowest BCUT2D eigenvalue weighted by molar-refractivity contribution is 0.503. The second kappa shape index (κ2) is 5.62. The molecule has 3 aromatic rings. The Morgan fingerprint density at radius 1 is 1.22 bits per heavy atom. The molecule has 1 aliphatic rings. The molecule has 1 atom stereocenters. The van der Waals surface area contributed by atoms with Crippen LogP contribution < -0.4 is 10.6 Å². The molecule has 1 unspecified atom stereocenters. The van der Waals surface area contributed by atoms with E-state index in [1.165, 1.54) is 5.56 Å². The van der Waals surface area contributed by atoms with Gasteiger partial charge in [0.05, 0.1) is 29.8 Å². The molecule has 3 N–H and O–H groups in total. The molecule has 6 heteroatoms. The molecular weight excluding hydrogens is 288 g/mol. The normalized spacial score (nSPS) is 18.5. The molecule has 118 valence electrons. The highest BCUT2D eigenvalue weighted by Crippen LogP contribution is 2.30. The van der Waals surface area contributed by atoms with Crippen molar-refractivity contribution in [3.8, 4) is 11.3 Å². The first-order chi connectivity index (χ1) is 11.2. The third-order valence-electron chi connectivity index (χ3n) is 4.51. The van der Waals surface area contributed by atoms with Crippen LogP contribution in [0.2, 0.25) is 0 Å². The van der Waals surface area contributed by atoms with Crippen molar-refractivity contribution < 1.29 is 0 Å². The van der Waals surface area contributed by atoms with Crippen molar-refractivity contribution in [1.82, 2.24) is 20.2 Å². The average molecular weight is 308 g/mol. The quantitative estimate of drug-likeness (QED) is 0.758. The smallest absolute Gasteiger partial charge is 0.147 e.